The van der Waals surface area contributed by atoms with Gasteiger partial charge in [0.05, 0.1) is 6.10 Å². The van der Waals surface area contributed by atoms with Crippen molar-refractivity contribution in [3.63, 3.8) is 0 Å². The molecule has 1 saturated carbocycles. The quantitative estimate of drug-likeness (QED) is 0.672. The maximum atomic E-state index is 12.6. The fourth-order valence-electron chi connectivity index (χ4n) is 4.78. The lowest BCUT2D eigenvalue weighted by atomic mass is 9.63. The van der Waals surface area contributed by atoms with Gasteiger partial charge in [-0.1, -0.05) is 37.6 Å². The number of hydrogen-bond donors (Lipinski definition) is 0. The summed E-state index contributed by atoms with van der Waals surface area (Å²) in [5, 5.41) is 0. The Morgan fingerprint density at radius 3 is 2.81 bits per heavy atom. The van der Waals surface area contributed by atoms with Crippen molar-refractivity contribution in [3.05, 3.63) is 23.8 Å². The van der Waals surface area contributed by atoms with E-state index in [4.69, 9.17) is 4.74 Å². The molecular formula is C19H28O2. The highest BCUT2D eigenvalue weighted by Gasteiger charge is 2.53. The normalized spacial score (nSPS) is 42.9. The molecule has 0 aromatic rings. The van der Waals surface area contributed by atoms with E-state index in [9.17, 15) is 4.79 Å². The average molecular weight is 288 g/mol. The third-order valence-electron chi connectivity index (χ3n) is 5.83. The summed E-state index contributed by atoms with van der Waals surface area (Å²) in [4.78, 5) is 12.6. The van der Waals surface area contributed by atoms with Gasteiger partial charge >= 0.3 is 0 Å². The molecule has 3 aliphatic rings. The van der Waals surface area contributed by atoms with Gasteiger partial charge in [0.1, 0.15) is 6.10 Å². The average Bonchev–Trinajstić information content (AvgIpc) is 2.80. The Morgan fingerprint density at radius 2 is 2.10 bits per heavy atom. The Bertz CT molecular complexity index is 474. The molecule has 0 aromatic carbocycles. The first-order valence-corrected chi connectivity index (χ1v) is 8.50. The van der Waals surface area contributed by atoms with Crippen molar-refractivity contribution in [2.24, 2.45) is 23.7 Å². The Labute approximate surface area is 128 Å². The maximum Gasteiger partial charge on any atom is 0.162 e. The van der Waals surface area contributed by atoms with Crippen LogP contribution in [0.2, 0.25) is 0 Å². The molecule has 2 heteroatoms. The number of allylic oxidation sites excluding steroid dienone is 1. The van der Waals surface area contributed by atoms with Crippen LogP contribution in [0.15, 0.2) is 23.8 Å². The summed E-state index contributed by atoms with van der Waals surface area (Å²) < 4.78 is 6.31. The first kappa shape index (κ1) is 15.0. The minimum atomic E-state index is -0.177. The number of hydrogen-bond acceptors (Lipinski definition) is 2. The van der Waals surface area contributed by atoms with Crippen LogP contribution in [0.3, 0.4) is 0 Å². The van der Waals surface area contributed by atoms with E-state index < -0.39 is 0 Å². The van der Waals surface area contributed by atoms with Crippen molar-refractivity contribution in [2.45, 2.75) is 65.1 Å². The molecule has 2 bridgehead atoms. The number of carbonyl (C=O) groups is 1. The molecule has 1 saturated heterocycles. The second-order valence-electron chi connectivity index (χ2n) is 7.56. The van der Waals surface area contributed by atoms with E-state index in [1.807, 2.05) is 0 Å². The summed E-state index contributed by atoms with van der Waals surface area (Å²) in [7, 11) is 0. The smallest absolute Gasteiger partial charge is 0.162 e. The van der Waals surface area contributed by atoms with E-state index in [-0.39, 0.29) is 12.2 Å². The zero-order chi connectivity index (χ0) is 15.1. The van der Waals surface area contributed by atoms with Gasteiger partial charge in [0.25, 0.3) is 0 Å². The fourth-order valence-corrected chi connectivity index (χ4v) is 4.78. The Hall–Kier alpha value is -0.890. The Kier molecular flexibility index (Phi) is 4.09. The lowest BCUT2D eigenvalue weighted by Gasteiger charge is -2.40. The van der Waals surface area contributed by atoms with Crippen molar-refractivity contribution in [1.82, 2.24) is 0 Å². The number of rotatable bonds is 1. The van der Waals surface area contributed by atoms with Crippen LogP contribution in [-0.2, 0) is 9.53 Å². The number of ketones is 1. The van der Waals surface area contributed by atoms with Crippen LogP contribution in [0.1, 0.15) is 52.9 Å². The topological polar surface area (TPSA) is 26.3 Å². The van der Waals surface area contributed by atoms with Crippen LogP contribution in [0, 0.1) is 23.7 Å². The maximum absolute atomic E-state index is 12.6. The summed E-state index contributed by atoms with van der Waals surface area (Å²) in [6, 6.07) is 0. The zero-order valence-corrected chi connectivity index (χ0v) is 13.6. The van der Waals surface area contributed by atoms with Gasteiger partial charge in [-0.25, -0.2) is 0 Å². The summed E-state index contributed by atoms with van der Waals surface area (Å²) >= 11 is 0. The molecule has 2 nitrogen and oxygen atoms in total. The van der Waals surface area contributed by atoms with Crippen LogP contribution in [0.25, 0.3) is 0 Å². The molecule has 0 amide bonds. The van der Waals surface area contributed by atoms with E-state index in [0.717, 1.165) is 19.3 Å². The minimum absolute atomic E-state index is 0.173. The molecule has 21 heavy (non-hydrogen) atoms. The molecule has 116 valence electrons. The number of fused-ring (bicyclic) bond motifs is 5. The lowest BCUT2D eigenvalue weighted by molar-refractivity contribution is -0.132. The molecule has 0 N–H and O–H groups in total. The first-order chi connectivity index (χ1) is 9.99. The molecule has 2 aliphatic heterocycles. The number of ether oxygens (including phenoxy) is 1. The molecule has 2 heterocycles. The Morgan fingerprint density at radius 1 is 1.33 bits per heavy atom. The van der Waals surface area contributed by atoms with E-state index in [1.54, 1.807) is 0 Å². The minimum Gasteiger partial charge on any atom is -0.366 e. The molecule has 0 unspecified atom stereocenters. The van der Waals surface area contributed by atoms with Gasteiger partial charge in [-0.15, -0.1) is 0 Å². The van der Waals surface area contributed by atoms with E-state index in [0.29, 0.717) is 35.9 Å². The van der Waals surface area contributed by atoms with Crippen molar-refractivity contribution >= 4 is 5.78 Å². The number of carbonyl (C=O) groups excluding carboxylic acids is 1. The van der Waals surface area contributed by atoms with Gasteiger partial charge in [0.2, 0.25) is 0 Å². The van der Waals surface area contributed by atoms with Crippen molar-refractivity contribution in [1.29, 1.82) is 0 Å². The first-order valence-electron chi connectivity index (χ1n) is 8.50. The zero-order valence-electron chi connectivity index (χ0n) is 13.6. The fraction of sp³-hybridized carbons (Fsp3) is 0.737. The summed E-state index contributed by atoms with van der Waals surface area (Å²) in [6.07, 6.45) is 6.98. The van der Waals surface area contributed by atoms with Gasteiger partial charge in [-0.05, 0) is 44.4 Å². The van der Waals surface area contributed by atoms with Crippen molar-refractivity contribution in [3.8, 4) is 0 Å². The molecule has 3 rings (SSSR count). The molecule has 5 atom stereocenters. The van der Waals surface area contributed by atoms with Crippen LogP contribution in [0.4, 0.5) is 0 Å². The third kappa shape index (κ3) is 2.63. The highest BCUT2D eigenvalue weighted by atomic mass is 16.5. The van der Waals surface area contributed by atoms with Gasteiger partial charge in [-0.2, -0.15) is 0 Å². The van der Waals surface area contributed by atoms with Crippen LogP contribution in [0.5, 0.6) is 0 Å². The Balaban J connectivity index is 1.98. The highest BCUT2D eigenvalue weighted by molar-refractivity contribution is 5.84. The predicted octanol–water partition coefficient (Wildman–Crippen LogP) is 4.31. The monoisotopic (exact) mass is 288 g/mol. The van der Waals surface area contributed by atoms with Crippen LogP contribution < -0.4 is 0 Å². The van der Waals surface area contributed by atoms with E-state index in [2.05, 4.69) is 33.4 Å². The lowest BCUT2D eigenvalue weighted by Crippen LogP contribution is -2.40. The van der Waals surface area contributed by atoms with Crippen molar-refractivity contribution < 1.29 is 9.53 Å². The summed E-state index contributed by atoms with van der Waals surface area (Å²) in [6.45, 7) is 11.1. The molecule has 0 spiro atoms. The SMILES string of the molecule is C=C1CC[C@H](C(C)C)[C@@H]2[C@H]1[C@H]1C/C(C)=C\CCC(=O)[C@@H]2O1. The standard InChI is InChI=1S/C19H28O2/c1-11(2)14-9-8-13(4)17-16-10-12(3)6-5-7-15(20)19(21-16)18(14)17/h6,11,14,16-19H,4-5,7-10H2,1-3H3/b12-6-/t14-,16-,17-,18-,19+/m1/s1. The molecule has 1 aliphatic carbocycles. The third-order valence-corrected chi connectivity index (χ3v) is 5.83. The molecule has 0 aromatic heterocycles. The van der Waals surface area contributed by atoms with Gasteiger partial charge < -0.3 is 4.74 Å². The van der Waals surface area contributed by atoms with Gasteiger partial charge in [0.15, 0.2) is 5.78 Å². The molecular weight excluding hydrogens is 260 g/mol. The predicted molar refractivity (Wildman–Crippen MR) is 85.0 cm³/mol. The second-order valence-corrected chi connectivity index (χ2v) is 7.56. The van der Waals surface area contributed by atoms with E-state index in [1.165, 1.54) is 17.6 Å². The van der Waals surface area contributed by atoms with E-state index >= 15 is 0 Å². The number of Topliss-reactive ketones (excluding diaryl/α,β-unsaturated/α-hetero) is 1. The summed E-state index contributed by atoms with van der Waals surface area (Å²) in [5.41, 5.74) is 2.69. The van der Waals surface area contributed by atoms with Crippen molar-refractivity contribution in [2.75, 3.05) is 0 Å². The van der Waals surface area contributed by atoms with Gasteiger partial charge in [-0.3, -0.25) is 4.79 Å². The van der Waals surface area contributed by atoms with Crippen LogP contribution in [-0.4, -0.2) is 18.0 Å². The summed E-state index contributed by atoms with van der Waals surface area (Å²) in [5.74, 6) is 2.29. The van der Waals surface area contributed by atoms with Crippen LogP contribution >= 0.6 is 0 Å². The largest absolute Gasteiger partial charge is 0.366 e. The second kappa shape index (κ2) is 5.72. The van der Waals surface area contributed by atoms with Gasteiger partial charge in [0, 0.05) is 18.3 Å². The highest BCUT2D eigenvalue weighted by Crippen LogP contribution is 2.52. The molecule has 2 fully saturated rings. The molecule has 0 radical (unpaired) electrons.